The van der Waals surface area contributed by atoms with Gasteiger partial charge < -0.3 is 21.4 Å². The summed E-state index contributed by atoms with van der Waals surface area (Å²) in [7, 11) is 0. The quantitative estimate of drug-likeness (QED) is 0.652. The van der Waals surface area contributed by atoms with Crippen molar-refractivity contribution in [3.8, 4) is 0 Å². The van der Waals surface area contributed by atoms with E-state index < -0.39 is 12.1 Å². The highest BCUT2D eigenvalue weighted by atomic mass is 16.2. The minimum atomic E-state index is -0.691. The number of benzene rings is 1. The Bertz CT molecular complexity index is 720. The molecule has 6 heteroatoms. The Balaban J connectivity index is 1.75. The van der Waals surface area contributed by atoms with Crippen LogP contribution in [0.3, 0.4) is 0 Å². The molecule has 2 aromatic rings. The van der Waals surface area contributed by atoms with E-state index in [1.54, 1.807) is 0 Å². The molecule has 1 aromatic heterocycles. The number of nitrogens with two attached hydrogens (primary N) is 1. The van der Waals surface area contributed by atoms with Crippen molar-refractivity contribution in [1.82, 2.24) is 15.6 Å². The molecule has 0 unspecified atom stereocenters. The third-order valence-corrected chi connectivity index (χ3v) is 4.43. The topological polar surface area (TPSA) is 100 Å². The van der Waals surface area contributed by atoms with Crippen molar-refractivity contribution in [3.63, 3.8) is 0 Å². The van der Waals surface area contributed by atoms with Gasteiger partial charge in [-0.25, -0.2) is 4.79 Å². The number of hydrogen-bond donors (Lipinski definition) is 4. The van der Waals surface area contributed by atoms with Gasteiger partial charge in [-0.3, -0.25) is 4.79 Å². The van der Waals surface area contributed by atoms with Crippen LogP contribution in [0, 0.1) is 5.92 Å². The van der Waals surface area contributed by atoms with Gasteiger partial charge in [-0.2, -0.15) is 0 Å². The molecule has 23 heavy (non-hydrogen) atoms. The molecule has 0 radical (unpaired) electrons. The summed E-state index contributed by atoms with van der Waals surface area (Å²) in [4.78, 5) is 26.9. The summed E-state index contributed by atoms with van der Waals surface area (Å²) in [5.41, 5.74) is 7.22. The summed E-state index contributed by atoms with van der Waals surface area (Å²) in [6.45, 7) is 2.00. The van der Waals surface area contributed by atoms with Gasteiger partial charge in [0.25, 0.3) is 0 Å². The molecule has 122 valence electrons. The van der Waals surface area contributed by atoms with Crippen molar-refractivity contribution in [2.24, 2.45) is 11.7 Å². The zero-order chi connectivity index (χ0) is 16.4. The maximum Gasteiger partial charge on any atom is 0.312 e. The molecule has 0 saturated heterocycles. The summed E-state index contributed by atoms with van der Waals surface area (Å²) in [5, 5.41) is 6.60. The van der Waals surface area contributed by atoms with Crippen LogP contribution in [0.25, 0.3) is 10.9 Å². The normalized spacial score (nSPS) is 16.7. The standard InChI is InChI=1S/C17H22N4O2/c1-10(11-6-7-11)20-16(22)15(21-17(18)23)8-12-9-19-14-5-3-2-4-13(12)14/h2-5,9-11,15,19H,6-8H2,1H3,(H,20,22)(H3,18,21,23)/t10-,15-/m1/s1. The van der Waals surface area contributed by atoms with Crippen LogP contribution in [0.1, 0.15) is 25.3 Å². The number of fused-ring (bicyclic) bond motifs is 1. The Morgan fingerprint density at radius 1 is 1.30 bits per heavy atom. The van der Waals surface area contributed by atoms with Crippen molar-refractivity contribution in [2.45, 2.75) is 38.3 Å². The first-order valence-corrected chi connectivity index (χ1v) is 7.96. The number of aromatic nitrogens is 1. The van der Waals surface area contributed by atoms with Crippen LogP contribution in [0.4, 0.5) is 4.79 Å². The van der Waals surface area contributed by atoms with Crippen molar-refractivity contribution < 1.29 is 9.59 Å². The van der Waals surface area contributed by atoms with Gasteiger partial charge in [0.2, 0.25) is 5.91 Å². The van der Waals surface area contributed by atoms with Crippen LogP contribution in [0.15, 0.2) is 30.5 Å². The minimum Gasteiger partial charge on any atom is -0.361 e. The predicted octanol–water partition coefficient (Wildman–Crippen LogP) is 1.66. The predicted molar refractivity (Wildman–Crippen MR) is 88.8 cm³/mol. The Kier molecular flexibility index (Phi) is 4.23. The lowest BCUT2D eigenvalue weighted by Crippen LogP contribution is -2.51. The summed E-state index contributed by atoms with van der Waals surface area (Å²) >= 11 is 0. The second-order valence-electron chi connectivity index (χ2n) is 6.26. The van der Waals surface area contributed by atoms with Gasteiger partial charge >= 0.3 is 6.03 Å². The van der Waals surface area contributed by atoms with E-state index in [9.17, 15) is 9.59 Å². The third-order valence-electron chi connectivity index (χ3n) is 4.43. The molecule has 6 nitrogen and oxygen atoms in total. The Morgan fingerprint density at radius 2 is 2.04 bits per heavy atom. The number of aromatic amines is 1. The van der Waals surface area contributed by atoms with E-state index in [1.807, 2.05) is 37.4 Å². The molecule has 3 amide bonds. The van der Waals surface area contributed by atoms with E-state index >= 15 is 0 Å². The van der Waals surface area contributed by atoms with Gasteiger partial charge in [0.15, 0.2) is 0 Å². The molecule has 2 atom stereocenters. The zero-order valence-electron chi connectivity index (χ0n) is 13.1. The number of carbonyl (C=O) groups is 2. The number of amides is 3. The van der Waals surface area contributed by atoms with Crippen LogP contribution in [0.2, 0.25) is 0 Å². The van der Waals surface area contributed by atoms with E-state index in [1.165, 1.54) is 0 Å². The van der Waals surface area contributed by atoms with Gasteiger partial charge in [-0.1, -0.05) is 18.2 Å². The van der Waals surface area contributed by atoms with Gasteiger partial charge in [-0.05, 0) is 37.3 Å². The van der Waals surface area contributed by atoms with Crippen molar-refractivity contribution in [1.29, 1.82) is 0 Å². The fraction of sp³-hybridized carbons (Fsp3) is 0.412. The number of carbonyl (C=O) groups excluding carboxylic acids is 2. The zero-order valence-corrected chi connectivity index (χ0v) is 13.1. The average molecular weight is 314 g/mol. The van der Waals surface area contributed by atoms with Gasteiger partial charge in [0.05, 0.1) is 0 Å². The first-order chi connectivity index (χ1) is 11.0. The fourth-order valence-corrected chi connectivity index (χ4v) is 2.94. The average Bonchev–Trinajstić information content (AvgIpc) is 3.29. The smallest absolute Gasteiger partial charge is 0.312 e. The highest BCUT2D eigenvalue weighted by Gasteiger charge is 2.31. The van der Waals surface area contributed by atoms with Crippen LogP contribution in [-0.2, 0) is 11.2 Å². The lowest BCUT2D eigenvalue weighted by Gasteiger charge is -2.20. The molecule has 1 saturated carbocycles. The highest BCUT2D eigenvalue weighted by molar-refractivity contribution is 5.89. The third kappa shape index (κ3) is 3.64. The highest BCUT2D eigenvalue weighted by Crippen LogP contribution is 2.32. The maximum absolute atomic E-state index is 12.5. The molecule has 1 heterocycles. The number of primary amides is 1. The van der Waals surface area contributed by atoms with E-state index in [2.05, 4.69) is 15.6 Å². The van der Waals surface area contributed by atoms with Crippen LogP contribution >= 0.6 is 0 Å². The Hall–Kier alpha value is -2.50. The number of H-pyrrole nitrogens is 1. The number of rotatable bonds is 6. The monoisotopic (exact) mass is 314 g/mol. The molecule has 3 rings (SSSR count). The summed E-state index contributed by atoms with van der Waals surface area (Å²) < 4.78 is 0. The minimum absolute atomic E-state index is 0.127. The van der Waals surface area contributed by atoms with Crippen LogP contribution in [0.5, 0.6) is 0 Å². The number of nitrogens with one attached hydrogen (secondary N) is 3. The molecule has 5 N–H and O–H groups in total. The van der Waals surface area contributed by atoms with E-state index in [-0.39, 0.29) is 11.9 Å². The van der Waals surface area contributed by atoms with Gasteiger partial charge in [0, 0.05) is 29.6 Å². The van der Waals surface area contributed by atoms with Gasteiger partial charge in [0.1, 0.15) is 6.04 Å². The molecule has 0 spiro atoms. The molecule has 1 aromatic carbocycles. The molecule has 0 bridgehead atoms. The molecule has 0 aliphatic heterocycles. The SMILES string of the molecule is C[C@@H](NC(=O)[C@@H](Cc1c[nH]c2ccccc12)NC(N)=O)C1CC1. The van der Waals surface area contributed by atoms with Crippen molar-refractivity contribution >= 4 is 22.8 Å². The lowest BCUT2D eigenvalue weighted by atomic mass is 10.0. The van der Waals surface area contributed by atoms with Crippen molar-refractivity contribution in [2.75, 3.05) is 0 Å². The first kappa shape index (κ1) is 15.4. The van der Waals surface area contributed by atoms with E-state index in [0.717, 1.165) is 29.3 Å². The molecular formula is C17H22N4O2. The number of urea groups is 1. The van der Waals surface area contributed by atoms with Crippen molar-refractivity contribution in [3.05, 3.63) is 36.0 Å². The Morgan fingerprint density at radius 3 is 2.74 bits per heavy atom. The second kappa shape index (κ2) is 6.32. The van der Waals surface area contributed by atoms with E-state index in [0.29, 0.717) is 12.3 Å². The summed E-state index contributed by atoms with van der Waals surface area (Å²) in [6, 6.07) is 6.63. The second-order valence-corrected chi connectivity index (χ2v) is 6.26. The lowest BCUT2D eigenvalue weighted by molar-refractivity contribution is -0.123. The fourth-order valence-electron chi connectivity index (χ4n) is 2.94. The van der Waals surface area contributed by atoms with E-state index in [4.69, 9.17) is 5.73 Å². The number of hydrogen-bond acceptors (Lipinski definition) is 2. The largest absolute Gasteiger partial charge is 0.361 e. The number of para-hydroxylation sites is 1. The summed E-state index contributed by atoms with van der Waals surface area (Å²) in [5.74, 6) is 0.370. The maximum atomic E-state index is 12.5. The van der Waals surface area contributed by atoms with Crippen LogP contribution < -0.4 is 16.4 Å². The molecular weight excluding hydrogens is 292 g/mol. The van der Waals surface area contributed by atoms with Crippen LogP contribution in [-0.4, -0.2) is 29.0 Å². The molecule has 1 aliphatic rings. The Labute approximate surface area is 134 Å². The first-order valence-electron chi connectivity index (χ1n) is 7.96. The molecule has 1 aliphatic carbocycles. The summed E-state index contributed by atoms with van der Waals surface area (Å²) in [6.07, 6.45) is 4.57. The van der Waals surface area contributed by atoms with Gasteiger partial charge in [-0.15, -0.1) is 0 Å². The molecule has 1 fully saturated rings.